The predicted octanol–water partition coefficient (Wildman–Crippen LogP) is 4.00. The molecule has 2 fully saturated rings. The van der Waals surface area contributed by atoms with Gasteiger partial charge in [0.2, 0.25) is 17.7 Å². The lowest BCUT2D eigenvalue weighted by molar-refractivity contribution is -0.121. The second kappa shape index (κ2) is 11.5. The van der Waals surface area contributed by atoms with E-state index in [2.05, 4.69) is 26.1 Å². The Hall–Kier alpha value is -3.23. The molecule has 0 saturated heterocycles. The molecule has 9 nitrogen and oxygen atoms in total. The number of hydrogen-bond donors (Lipinski definition) is 3. The van der Waals surface area contributed by atoms with Crippen molar-refractivity contribution in [3.8, 4) is 0 Å². The van der Waals surface area contributed by atoms with E-state index < -0.39 is 5.54 Å². The number of carbonyl (C=O) groups is 3. The third kappa shape index (κ3) is 6.68. The van der Waals surface area contributed by atoms with Crippen molar-refractivity contribution >= 4 is 23.4 Å². The van der Waals surface area contributed by atoms with Crippen molar-refractivity contribution in [3.05, 3.63) is 41.5 Å². The first-order valence-electron chi connectivity index (χ1n) is 12.8. The number of amides is 3. The van der Waals surface area contributed by atoms with E-state index in [0.717, 1.165) is 64.2 Å². The van der Waals surface area contributed by atoms with Crippen LogP contribution in [0.3, 0.4) is 0 Å². The monoisotopic (exact) mass is 481 g/mol. The SMILES string of the molecule is CC(=O)NC1(c2noc(CCC(=O)Nc3ccc(C(=O)NC4CCCC4)cc3)n2)CCCCCC1. The fourth-order valence-corrected chi connectivity index (χ4v) is 5.11. The molecule has 2 aromatic rings. The molecule has 3 amide bonds. The molecule has 0 atom stereocenters. The zero-order chi connectivity index (χ0) is 24.7. The molecule has 35 heavy (non-hydrogen) atoms. The molecule has 0 spiro atoms. The summed E-state index contributed by atoms with van der Waals surface area (Å²) in [6.07, 6.45) is 10.7. The van der Waals surface area contributed by atoms with Crippen LogP contribution in [0.2, 0.25) is 0 Å². The number of benzene rings is 1. The van der Waals surface area contributed by atoms with E-state index in [-0.39, 0.29) is 30.2 Å². The Labute approximate surface area is 205 Å². The molecule has 1 heterocycles. The topological polar surface area (TPSA) is 126 Å². The summed E-state index contributed by atoms with van der Waals surface area (Å²) in [7, 11) is 0. The summed E-state index contributed by atoms with van der Waals surface area (Å²) in [5.41, 5.74) is 0.611. The van der Waals surface area contributed by atoms with Crippen LogP contribution in [0.1, 0.15) is 99.6 Å². The Morgan fingerprint density at radius 2 is 1.69 bits per heavy atom. The third-order valence-electron chi connectivity index (χ3n) is 6.96. The van der Waals surface area contributed by atoms with E-state index in [9.17, 15) is 14.4 Å². The van der Waals surface area contributed by atoms with Crippen molar-refractivity contribution < 1.29 is 18.9 Å². The molecule has 4 rings (SSSR count). The van der Waals surface area contributed by atoms with E-state index in [0.29, 0.717) is 29.4 Å². The highest BCUT2D eigenvalue weighted by Crippen LogP contribution is 2.34. The first kappa shape index (κ1) is 24.9. The highest BCUT2D eigenvalue weighted by molar-refractivity contribution is 5.96. The molecule has 0 radical (unpaired) electrons. The van der Waals surface area contributed by atoms with E-state index in [1.54, 1.807) is 24.3 Å². The highest BCUT2D eigenvalue weighted by atomic mass is 16.5. The van der Waals surface area contributed by atoms with Gasteiger partial charge in [0.05, 0.1) is 0 Å². The van der Waals surface area contributed by atoms with Crippen LogP contribution in [0.15, 0.2) is 28.8 Å². The number of aromatic nitrogens is 2. The summed E-state index contributed by atoms with van der Waals surface area (Å²) in [5, 5.41) is 13.1. The van der Waals surface area contributed by atoms with Gasteiger partial charge in [0.25, 0.3) is 5.91 Å². The molecule has 9 heteroatoms. The Kier molecular flexibility index (Phi) is 8.15. The minimum Gasteiger partial charge on any atom is -0.349 e. The Balaban J connectivity index is 1.29. The van der Waals surface area contributed by atoms with Crippen molar-refractivity contribution in [1.29, 1.82) is 0 Å². The maximum absolute atomic E-state index is 12.5. The summed E-state index contributed by atoms with van der Waals surface area (Å²) in [5.74, 6) is 0.505. The van der Waals surface area contributed by atoms with Crippen LogP contribution in [0.5, 0.6) is 0 Å². The van der Waals surface area contributed by atoms with Crippen molar-refractivity contribution in [1.82, 2.24) is 20.8 Å². The van der Waals surface area contributed by atoms with Gasteiger partial charge in [0, 0.05) is 37.1 Å². The van der Waals surface area contributed by atoms with Crippen molar-refractivity contribution in [3.63, 3.8) is 0 Å². The molecule has 0 aliphatic heterocycles. The number of nitrogens with one attached hydrogen (secondary N) is 3. The van der Waals surface area contributed by atoms with E-state index in [1.807, 2.05) is 0 Å². The molecule has 188 valence electrons. The van der Waals surface area contributed by atoms with E-state index in [4.69, 9.17) is 4.52 Å². The van der Waals surface area contributed by atoms with Crippen LogP contribution in [0, 0.1) is 0 Å². The van der Waals surface area contributed by atoms with Gasteiger partial charge in [-0.25, -0.2) is 0 Å². The lowest BCUT2D eigenvalue weighted by Crippen LogP contribution is -2.45. The van der Waals surface area contributed by atoms with Crippen LogP contribution >= 0.6 is 0 Å². The van der Waals surface area contributed by atoms with Crippen LogP contribution in [-0.2, 0) is 21.5 Å². The first-order chi connectivity index (χ1) is 16.9. The number of aryl methyl sites for hydroxylation is 1. The quantitative estimate of drug-likeness (QED) is 0.489. The average Bonchev–Trinajstić information content (AvgIpc) is 3.47. The average molecular weight is 482 g/mol. The number of carbonyl (C=O) groups excluding carboxylic acids is 3. The van der Waals surface area contributed by atoms with Gasteiger partial charge in [0.1, 0.15) is 5.54 Å². The van der Waals surface area contributed by atoms with Gasteiger partial charge in [-0.15, -0.1) is 0 Å². The minimum atomic E-state index is -0.599. The van der Waals surface area contributed by atoms with Gasteiger partial charge < -0.3 is 20.5 Å². The standard InChI is InChI=1S/C26H35N5O4/c1-18(32)30-26(16-6-2-3-7-17-26)25-29-23(35-31-25)15-14-22(33)27-21-12-10-19(11-13-21)24(34)28-20-8-4-5-9-20/h10-13,20H,2-9,14-17H2,1H3,(H,27,33)(H,28,34)(H,30,32). The van der Waals surface area contributed by atoms with Gasteiger partial charge in [-0.05, 0) is 49.9 Å². The molecule has 3 N–H and O–H groups in total. The first-order valence-corrected chi connectivity index (χ1v) is 12.8. The Morgan fingerprint density at radius 1 is 1.00 bits per heavy atom. The molecule has 1 aromatic heterocycles. The molecular weight excluding hydrogens is 446 g/mol. The molecule has 2 saturated carbocycles. The lowest BCUT2D eigenvalue weighted by atomic mass is 9.89. The fourth-order valence-electron chi connectivity index (χ4n) is 5.11. The van der Waals surface area contributed by atoms with Crippen LogP contribution in [0.4, 0.5) is 5.69 Å². The normalized spacial score (nSPS) is 18.0. The van der Waals surface area contributed by atoms with Gasteiger partial charge in [-0.1, -0.05) is 43.7 Å². The number of rotatable bonds is 8. The van der Waals surface area contributed by atoms with Crippen molar-refractivity contribution in [2.24, 2.45) is 0 Å². The summed E-state index contributed by atoms with van der Waals surface area (Å²) < 4.78 is 5.43. The van der Waals surface area contributed by atoms with Crippen LogP contribution in [0.25, 0.3) is 0 Å². The van der Waals surface area contributed by atoms with E-state index >= 15 is 0 Å². The zero-order valence-corrected chi connectivity index (χ0v) is 20.4. The molecular formula is C26H35N5O4. The molecule has 1 aromatic carbocycles. The Morgan fingerprint density at radius 3 is 2.34 bits per heavy atom. The predicted molar refractivity (Wildman–Crippen MR) is 131 cm³/mol. The summed E-state index contributed by atoms with van der Waals surface area (Å²) in [6.45, 7) is 1.51. The van der Waals surface area contributed by atoms with Gasteiger partial charge in [-0.2, -0.15) is 4.98 Å². The largest absolute Gasteiger partial charge is 0.349 e. The Bertz CT molecular complexity index is 1020. The second-order valence-electron chi connectivity index (χ2n) is 9.77. The number of anilines is 1. The molecule has 2 aliphatic carbocycles. The third-order valence-corrected chi connectivity index (χ3v) is 6.96. The van der Waals surface area contributed by atoms with Crippen molar-refractivity contribution in [2.45, 2.75) is 95.6 Å². The second-order valence-corrected chi connectivity index (χ2v) is 9.77. The number of nitrogens with zero attached hydrogens (tertiary/aromatic N) is 2. The smallest absolute Gasteiger partial charge is 0.251 e. The fraction of sp³-hybridized carbons (Fsp3) is 0.577. The summed E-state index contributed by atoms with van der Waals surface area (Å²) >= 11 is 0. The molecule has 0 unspecified atom stereocenters. The maximum atomic E-state index is 12.5. The van der Waals surface area contributed by atoms with Crippen LogP contribution in [-0.4, -0.2) is 33.9 Å². The summed E-state index contributed by atoms with van der Waals surface area (Å²) in [6, 6.07) is 7.17. The molecule has 0 bridgehead atoms. The maximum Gasteiger partial charge on any atom is 0.251 e. The van der Waals surface area contributed by atoms with E-state index in [1.165, 1.54) is 6.92 Å². The van der Waals surface area contributed by atoms with Crippen LogP contribution < -0.4 is 16.0 Å². The summed E-state index contributed by atoms with van der Waals surface area (Å²) in [4.78, 5) is 41.2. The van der Waals surface area contributed by atoms with Gasteiger partial charge in [-0.3, -0.25) is 14.4 Å². The molecule has 2 aliphatic rings. The lowest BCUT2D eigenvalue weighted by Gasteiger charge is -2.30. The highest BCUT2D eigenvalue weighted by Gasteiger charge is 2.38. The van der Waals surface area contributed by atoms with Gasteiger partial charge in [0.15, 0.2) is 5.82 Å². The van der Waals surface area contributed by atoms with Gasteiger partial charge >= 0.3 is 0 Å². The number of hydrogen-bond acceptors (Lipinski definition) is 6. The minimum absolute atomic E-state index is 0.0762. The van der Waals surface area contributed by atoms with Crippen molar-refractivity contribution in [2.75, 3.05) is 5.32 Å². The zero-order valence-electron chi connectivity index (χ0n) is 20.4.